The minimum absolute atomic E-state index is 0.283. The van der Waals surface area contributed by atoms with Crippen LogP contribution in [-0.4, -0.2) is 10.5 Å². The molecule has 1 fully saturated rings. The van der Waals surface area contributed by atoms with Crippen LogP contribution in [0.4, 0.5) is 5.13 Å². The Balaban J connectivity index is 1.93. The predicted molar refractivity (Wildman–Crippen MR) is 73.2 cm³/mol. The van der Waals surface area contributed by atoms with E-state index in [0.717, 1.165) is 15.1 Å². The van der Waals surface area contributed by atoms with Crippen LogP contribution in [0.15, 0.2) is 22.7 Å². The van der Waals surface area contributed by atoms with Crippen LogP contribution in [0.2, 0.25) is 0 Å². The molecule has 84 valence electrons. The lowest BCUT2D eigenvalue weighted by molar-refractivity contribution is 0.306. The van der Waals surface area contributed by atoms with E-state index in [1.54, 1.807) is 11.3 Å². The summed E-state index contributed by atoms with van der Waals surface area (Å²) >= 11 is 5.22. The van der Waals surface area contributed by atoms with Crippen LogP contribution >= 0.6 is 27.3 Å². The van der Waals surface area contributed by atoms with Gasteiger partial charge >= 0.3 is 0 Å². The molecule has 1 heterocycles. The monoisotopic (exact) mass is 296 g/mol. The van der Waals surface area contributed by atoms with Gasteiger partial charge in [-0.1, -0.05) is 27.3 Å². The zero-order valence-corrected chi connectivity index (χ0v) is 11.5. The quantitative estimate of drug-likeness (QED) is 0.888. The number of benzene rings is 1. The minimum atomic E-state index is 0.283. The van der Waals surface area contributed by atoms with Crippen molar-refractivity contribution in [3.05, 3.63) is 22.7 Å². The Labute approximate surface area is 107 Å². The molecular formula is C12H13BrN2S. The Morgan fingerprint density at radius 1 is 1.44 bits per heavy atom. The molecular weight excluding hydrogens is 284 g/mol. The number of nitrogens with one attached hydrogen (secondary N) is 1. The van der Waals surface area contributed by atoms with E-state index < -0.39 is 0 Å². The molecule has 0 aliphatic heterocycles. The van der Waals surface area contributed by atoms with E-state index >= 15 is 0 Å². The van der Waals surface area contributed by atoms with Crippen LogP contribution in [0.1, 0.15) is 26.2 Å². The number of aromatic nitrogens is 1. The lowest BCUT2D eigenvalue weighted by atomic mass is 9.79. The molecule has 1 aliphatic rings. The Morgan fingerprint density at radius 3 is 2.94 bits per heavy atom. The van der Waals surface area contributed by atoms with Crippen molar-refractivity contribution >= 4 is 42.6 Å². The van der Waals surface area contributed by atoms with Crippen LogP contribution in [0, 0.1) is 0 Å². The molecule has 1 aliphatic carbocycles. The molecule has 2 aromatic rings. The molecule has 16 heavy (non-hydrogen) atoms. The topological polar surface area (TPSA) is 24.9 Å². The maximum atomic E-state index is 4.61. The van der Waals surface area contributed by atoms with Gasteiger partial charge in [0, 0.05) is 10.0 Å². The van der Waals surface area contributed by atoms with Crippen molar-refractivity contribution in [3.8, 4) is 0 Å². The molecule has 1 aromatic carbocycles. The molecule has 1 aromatic heterocycles. The smallest absolute Gasteiger partial charge is 0.184 e. The molecule has 0 amide bonds. The minimum Gasteiger partial charge on any atom is -0.356 e. The highest BCUT2D eigenvalue weighted by atomic mass is 79.9. The zero-order valence-electron chi connectivity index (χ0n) is 9.09. The number of hydrogen-bond donors (Lipinski definition) is 1. The van der Waals surface area contributed by atoms with Gasteiger partial charge in [0.1, 0.15) is 0 Å². The van der Waals surface area contributed by atoms with Gasteiger partial charge in [-0.25, -0.2) is 4.98 Å². The van der Waals surface area contributed by atoms with Crippen molar-refractivity contribution in [1.29, 1.82) is 0 Å². The van der Waals surface area contributed by atoms with Crippen LogP contribution in [0.25, 0.3) is 10.2 Å². The second-order valence-corrected chi connectivity index (χ2v) is 6.62. The summed E-state index contributed by atoms with van der Waals surface area (Å²) in [5.41, 5.74) is 1.36. The Morgan fingerprint density at radius 2 is 2.25 bits per heavy atom. The molecule has 0 unspecified atom stereocenters. The van der Waals surface area contributed by atoms with E-state index in [1.165, 1.54) is 24.0 Å². The third-order valence-corrected chi connectivity index (χ3v) is 4.64. The van der Waals surface area contributed by atoms with Crippen molar-refractivity contribution in [2.45, 2.75) is 31.7 Å². The Bertz CT molecular complexity index is 531. The number of hydrogen-bond acceptors (Lipinski definition) is 3. The van der Waals surface area contributed by atoms with E-state index in [2.05, 4.69) is 45.3 Å². The van der Waals surface area contributed by atoms with Gasteiger partial charge in [0.25, 0.3) is 0 Å². The zero-order chi connectivity index (χ0) is 11.2. The standard InChI is InChI=1S/C12H13BrN2S/c1-12(5-2-6-12)15-11-14-9-4-3-8(13)7-10(9)16-11/h3-4,7H,2,5-6H2,1H3,(H,14,15). The van der Waals surface area contributed by atoms with Crippen molar-refractivity contribution in [3.63, 3.8) is 0 Å². The van der Waals surface area contributed by atoms with Crippen molar-refractivity contribution in [2.24, 2.45) is 0 Å². The highest BCUT2D eigenvalue weighted by Gasteiger charge is 2.32. The van der Waals surface area contributed by atoms with Crippen LogP contribution in [0.5, 0.6) is 0 Å². The van der Waals surface area contributed by atoms with Crippen LogP contribution < -0.4 is 5.32 Å². The highest BCUT2D eigenvalue weighted by molar-refractivity contribution is 9.10. The van der Waals surface area contributed by atoms with Crippen LogP contribution in [0.3, 0.4) is 0 Å². The maximum Gasteiger partial charge on any atom is 0.184 e. The number of nitrogens with zero attached hydrogens (tertiary/aromatic N) is 1. The fraction of sp³-hybridized carbons (Fsp3) is 0.417. The average molecular weight is 297 g/mol. The average Bonchev–Trinajstić information content (AvgIpc) is 2.56. The van der Waals surface area contributed by atoms with E-state index in [9.17, 15) is 0 Å². The highest BCUT2D eigenvalue weighted by Crippen LogP contribution is 2.37. The van der Waals surface area contributed by atoms with Crippen molar-refractivity contribution in [2.75, 3.05) is 5.32 Å². The van der Waals surface area contributed by atoms with Crippen molar-refractivity contribution < 1.29 is 0 Å². The summed E-state index contributed by atoms with van der Waals surface area (Å²) in [7, 11) is 0. The summed E-state index contributed by atoms with van der Waals surface area (Å²) < 4.78 is 2.35. The molecule has 3 rings (SSSR count). The van der Waals surface area contributed by atoms with E-state index in [1.807, 2.05) is 6.07 Å². The number of fused-ring (bicyclic) bond motifs is 1. The number of halogens is 1. The molecule has 4 heteroatoms. The van der Waals surface area contributed by atoms with Crippen molar-refractivity contribution in [1.82, 2.24) is 4.98 Å². The first kappa shape index (κ1) is 10.5. The number of rotatable bonds is 2. The predicted octanol–water partition coefficient (Wildman–Crippen LogP) is 4.41. The van der Waals surface area contributed by atoms with Gasteiger partial charge in [-0.3, -0.25) is 0 Å². The lowest BCUT2D eigenvalue weighted by Crippen LogP contribution is -2.41. The third-order valence-electron chi connectivity index (χ3n) is 3.22. The fourth-order valence-corrected chi connectivity index (χ4v) is 3.61. The Hall–Kier alpha value is -0.610. The third kappa shape index (κ3) is 1.84. The molecule has 1 N–H and O–H groups in total. The summed E-state index contributed by atoms with van der Waals surface area (Å²) in [5.74, 6) is 0. The van der Waals surface area contributed by atoms with E-state index in [4.69, 9.17) is 0 Å². The first-order valence-electron chi connectivity index (χ1n) is 5.49. The normalized spacial score (nSPS) is 18.4. The SMILES string of the molecule is CC1(Nc2nc3ccc(Br)cc3s2)CCC1. The molecule has 0 spiro atoms. The van der Waals surface area contributed by atoms with Gasteiger partial charge in [0.15, 0.2) is 5.13 Å². The number of thiazole rings is 1. The van der Waals surface area contributed by atoms with Crippen LogP contribution in [-0.2, 0) is 0 Å². The number of anilines is 1. The molecule has 0 saturated heterocycles. The van der Waals surface area contributed by atoms with E-state index in [0.29, 0.717) is 0 Å². The second-order valence-electron chi connectivity index (χ2n) is 4.67. The van der Waals surface area contributed by atoms with Gasteiger partial charge in [0.2, 0.25) is 0 Å². The summed E-state index contributed by atoms with van der Waals surface area (Å²) in [5, 5.41) is 4.61. The Kier molecular flexibility index (Phi) is 2.44. The van der Waals surface area contributed by atoms with Gasteiger partial charge < -0.3 is 5.32 Å². The summed E-state index contributed by atoms with van der Waals surface area (Å²) in [6, 6.07) is 6.22. The van der Waals surface area contributed by atoms with E-state index in [-0.39, 0.29) is 5.54 Å². The van der Waals surface area contributed by atoms with Gasteiger partial charge in [-0.2, -0.15) is 0 Å². The van der Waals surface area contributed by atoms with Gasteiger partial charge in [-0.05, 0) is 44.4 Å². The molecule has 0 bridgehead atoms. The first-order valence-corrected chi connectivity index (χ1v) is 7.10. The van der Waals surface area contributed by atoms with Gasteiger partial charge in [0.05, 0.1) is 10.2 Å². The molecule has 0 radical (unpaired) electrons. The second kappa shape index (κ2) is 3.70. The maximum absolute atomic E-state index is 4.61. The summed E-state index contributed by atoms with van der Waals surface area (Å²) in [4.78, 5) is 4.61. The molecule has 2 nitrogen and oxygen atoms in total. The first-order chi connectivity index (χ1) is 7.65. The summed E-state index contributed by atoms with van der Waals surface area (Å²) in [6.07, 6.45) is 3.85. The lowest BCUT2D eigenvalue weighted by Gasteiger charge is -2.39. The molecule has 0 atom stereocenters. The largest absolute Gasteiger partial charge is 0.356 e. The summed E-state index contributed by atoms with van der Waals surface area (Å²) in [6.45, 7) is 2.28. The fourth-order valence-electron chi connectivity index (χ4n) is 2.04. The molecule has 1 saturated carbocycles. The van der Waals surface area contributed by atoms with Gasteiger partial charge in [-0.15, -0.1) is 0 Å².